The van der Waals surface area contributed by atoms with Crippen molar-refractivity contribution in [3.8, 4) is 0 Å². The van der Waals surface area contributed by atoms with E-state index < -0.39 is 12.2 Å². The predicted molar refractivity (Wildman–Crippen MR) is 33.4 cm³/mol. The predicted octanol–water partition coefficient (Wildman–Crippen LogP) is -1.51. The van der Waals surface area contributed by atoms with Crippen molar-refractivity contribution in [2.75, 3.05) is 6.61 Å². The molecule has 1 aliphatic heterocycles. The van der Waals surface area contributed by atoms with Gasteiger partial charge in [0.15, 0.2) is 0 Å². The largest absolute Gasteiger partial charge is 0.394 e. The molecule has 4 heteroatoms. The molecule has 0 aromatic heterocycles. The molecule has 0 radical (unpaired) electrons. The summed E-state index contributed by atoms with van der Waals surface area (Å²) in [6.07, 6.45) is -2.07. The lowest BCUT2D eigenvalue weighted by Gasteiger charge is -2.01. The van der Waals surface area contributed by atoms with Crippen LogP contribution in [0.1, 0.15) is 6.92 Å². The molecule has 3 N–H and O–H groups in total. The Bertz CT molecular complexity index is 114. The van der Waals surface area contributed by atoms with Gasteiger partial charge in [0.1, 0.15) is 18.3 Å². The van der Waals surface area contributed by atoms with Crippen molar-refractivity contribution in [1.29, 1.82) is 0 Å². The van der Waals surface area contributed by atoms with Crippen LogP contribution in [-0.4, -0.2) is 46.3 Å². The Balaban J connectivity index is 2.24. The summed E-state index contributed by atoms with van der Waals surface area (Å²) in [5.74, 6) is 0. The first kappa shape index (κ1) is 7.94. The molecule has 0 aromatic carbocycles. The minimum absolute atomic E-state index is 0.290. The van der Waals surface area contributed by atoms with Crippen LogP contribution >= 0.6 is 0 Å². The van der Waals surface area contributed by atoms with Crippen LogP contribution in [0.4, 0.5) is 0 Å². The molecule has 1 aliphatic rings. The second-order valence-corrected chi connectivity index (χ2v) is 2.56. The van der Waals surface area contributed by atoms with Gasteiger partial charge in [-0.3, -0.25) is 0 Å². The van der Waals surface area contributed by atoms with E-state index in [2.05, 4.69) is 0 Å². The molecule has 1 heterocycles. The summed E-state index contributed by atoms with van der Waals surface area (Å²) in [6.45, 7) is 1.28. The molecule has 60 valence electrons. The van der Waals surface area contributed by atoms with Crippen LogP contribution in [0, 0.1) is 0 Å². The number of aliphatic hydroxyl groups excluding tert-OH is 3. The smallest absolute Gasteiger partial charge is 0.115 e. The summed E-state index contributed by atoms with van der Waals surface area (Å²) >= 11 is 0. The van der Waals surface area contributed by atoms with Gasteiger partial charge in [0, 0.05) is 0 Å². The second-order valence-electron chi connectivity index (χ2n) is 2.56. The van der Waals surface area contributed by atoms with Gasteiger partial charge in [-0.2, -0.15) is 0 Å². The topological polar surface area (TPSA) is 73.2 Å². The fourth-order valence-corrected chi connectivity index (χ4v) is 0.938. The molecule has 4 atom stereocenters. The van der Waals surface area contributed by atoms with Gasteiger partial charge in [-0.1, -0.05) is 0 Å². The third kappa shape index (κ3) is 1.46. The monoisotopic (exact) mass is 148 g/mol. The molecule has 0 bridgehead atoms. The third-order valence-corrected chi connectivity index (χ3v) is 1.60. The van der Waals surface area contributed by atoms with E-state index in [9.17, 15) is 0 Å². The van der Waals surface area contributed by atoms with Crippen LogP contribution in [0.5, 0.6) is 0 Å². The maximum absolute atomic E-state index is 8.93. The number of ether oxygens (including phenoxy) is 1. The van der Waals surface area contributed by atoms with Crippen molar-refractivity contribution in [2.45, 2.75) is 31.3 Å². The van der Waals surface area contributed by atoms with Crippen LogP contribution in [0.3, 0.4) is 0 Å². The number of hydrogen-bond acceptors (Lipinski definition) is 4. The lowest BCUT2D eigenvalue weighted by atomic mass is 10.1. The fraction of sp³-hybridized carbons (Fsp3) is 1.00. The molecule has 10 heavy (non-hydrogen) atoms. The summed E-state index contributed by atoms with van der Waals surface area (Å²) < 4.78 is 4.87. The van der Waals surface area contributed by atoms with Crippen LogP contribution in [0.2, 0.25) is 0 Å². The average molecular weight is 148 g/mol. The second kappa shape index (κ2) is 2.84. The van der Waals surface area contributed by atoms with Gasteiger partial charge < -0.3 is 20.1 Å². The van der Waals surface area contributed by atoms with E-state index in [4.69, 9.17) is 20.1 Å². The van der Waals surface area contributed by atoms with Crippen LogP contribution in [0.15, 0.2) is 0 Å². The summed E-state index contributed by atoms with van der Waals surface area (Å²) in [5, 5.41) is 26.3. The van der Waals surface area contributed by atoms with Gasteiger partial charge in [-0.25, -0.2) is 0 Å². The van der Waals surface area contributed by atoms with Crippen molar-refractivity contribution in [3.63, 3.8) is 0 Å². The Morgan fingerprint density at radius 1 is 1.40 bits per heavy atom. The Hall–Kier alpha value is -0.160. The molecule has 1 rings (SSSR count). The van der Waals surface area contributed by atoms with Gasteiger partial charge >= 0.3 is 0 Å². The normalized spacial score (nSPS) is 37.2. The molecular formula is C6H12O4. The van der Waals surface area contributed by atoms with Gasteiger partial charge in [0.2, 0.25) is 0 Å². The maximum atomic E-state index is 8.93. The first-order chi connectivity index (χ1) is 4.66. The number of epoxide rings is 1. The maximum Gasteiger partial charge on any atom is 0.115 e. The zero-order valence-electron chi connectivity index (χ0n) is 5.77. The lowest BCUT2D eigenvalue weighted by Crippen LogP contribution is -2.24. The van der Waals surface area contributed by atoms with E-state index in [1.807, 2.05) is 0 Å². The molecule has 0 saturated carbocycles. The Kier molecular flexibility index (Phi) is 2.25. The van der Waals surface area contributed by atoms with E-state index in [1.54, 1.807) is 6.92 Å². The van der Waals surface area contributed by atoms with Crippen molar-refractivity contribution in [1.82, 2.24) is 0 Å². The molecule has 1 saturated heterocycles. The molecule has 4 nitrogen and oxygen atoms in total. The molecular weight excluding hydrogens is 136 g/mol. The van der Waals surface area contributed by atoms with Gasteiger partial charge in [-0.15, -0.1) is 0 Å². The number of hydrogen-bond donors (Lipinski definition) is 3. The van der Waals surface area contributed by atoms with E-state index in [0.717, 1.165) is 0 Å². The Morgan fingerprint density at radius 2 is 2.00 bits per heavy atom. The minimum Gasteiger partial charge on any atom is -0.394 e. The summed E-state index contributed by atoms with van der Waals surface area (Å²) in [4.78, 5) is 0. The number of rotatable bonds is 3. The standard InChI is InChI=1S/C6H12O4/c1-3(8)5-6(10-5)4(9)2-7/h3-9H,2H2,1H3. The van der Waals surface area contributed by atoms with E-state index >= 15 is 0 Å². The van der Waals surface area contributed by atoms with Crippen LogP contribution in [-0.2, 0) is 4.74 Å². The highest BCUT2D eigenvalue weighted by Gasteiger charge is 2.46. The molecule has 0 aromatic rings. The van der Waals surface area contributed by atoms with E-state index in [1.165, 1.54) is 0 Å². The van der Waals surface area contributed by atoms with E-state index in [0.29, 0.717) is 0 Å². The van der Waals surface area contributed by atoms with Crippen molar-refractivity contribution < 1.29 is 20.1 Å². The molecule has 1 fully saturated rings. The highest BCUT2D eigenvalue weighted by molar-refractivity contribution is 4.93. The molecule has 4 unspecified atom stereocenters. The summed E-state index contributed by atoms with van der Waals surface area (Å²) in [6, 6.07) is 0. The molecule has 0 aliphatic carbocycles. The van der Waals surface area contributed by atoms with Crippen molar-refractivity contribution in [2.24, 2.45) is 0 Å². The first-order valence-corrected chi connectivity index (χ1v) is 3.29. The zero-order valence-corrected chi connectivity index (χ0v) is 5.77. The molecule has 0 spiro atoms. The first-order valence-electron chi connectivity index (χ1n) is 3.29. The lowest BCUT2D eigenvalue weighted by molar-refractivity contribution is 0.0706. The van der Waals surface area contributed by atoms with Crippen LogP contribution in [0.25, 0.3) is 0 Å². The Morgan fingerprint density at radius 3 is 2.30 bits per heavy atom. The SMILES string of the molecule is CC(O)C1OC1C(O)CO. The van der Waals surface area contributed by atoms with Crippen LogP contribution < -0.4 is 0 Å². The minimum atomic E-state index is -0.848. The highest BCUT2D eigenvalue weighted by atomic mass is 16.6. The summed E-state index contributed by atoms with van der Waals surface area (Å²) in [5.41, 5.74) is 0. The van der Waals surface area contributed by atoms with Crippen molar-refractivity contribution in [3.05, 3.63) is 0 Å². The van der Waals surface area contributed by atoms with Gasteiger partial charge in [-0.05, 0) is 6.92 Å². The van der Waals surface area contributed by atoms with Gasteiger partial charge in [0.25, 0.3) is 0 Å². The third-order valence-electron chi connectivity index (χ3n) is 1.60. The fourth-order valence-electron chi connectivity index (χ4n) is 0.938. The van der Waals surface area contributed by atoms with Crippen molar-refractivity contribution >= 4 is 0 Å². The highest BCUT2D eigenvalue weighted by Crippen LogP contribution is 2.27. The van der Waals surface area contributed by atoms with Gasteiger partial charge in [0.05, 0.1) is 12.7 Å². The molecule has 0 amide bonds. The zero-order chi connectivity index (χ0) is 7.72. The number of aliphatic hydroxyl groups is 3. The van der Waals surface area contributed by atoms with E-state index in [-0.39, 0.29) is 18.8 Å². The average Bonchev–Trinajstić information content (AvgIpc) is 2.64. The Labute approximate surface area is 59.1 Å². The summed E-state index contributed by atoms with van der Waals surface area (Å²) in [7, 11) is 0. The quantitative estimate of drug-likeness (QED) is 0.425.